The van der Waals surface area contributed by atoms with Gasteiger partial charge in [0.25, 0.3) is 0 Å². The predicted octanol–water partition coefficient (Wildman–Crippen LogP) is 4.52. The molecule has 1 heterocycles. The number of thiazole rings is 1. The van der Waals surface area contributed by atoms with Crippen molar-refractivity contribution in [1.29, 1.82) is 0 Å². The minimum atomic E-state index is -0.215. The molecule has 0 fully saturated rings. The number of rotatable bonds is 6. The smallest absolute Gasteiger partial charge is 0.226 e. The van der Waals surface area contributed by atoms with Gasteiger partial charge in [0.15, 0.2) is 10.9 Å². The Bertz CT molecular complexity index is 978. The molecular weight excluding hydrogens is 348 g/mol. The van der Waals surface area contributed by atoms with Gasteiger partial charge in [-0.25, -0.2) is 4.98 Å². The van der Waals surface area contributed by atoms with Crippen LogP contribution in [0.25, 0.3) is 10.2 Å². The average Bonchev–Trinajstić information content (AvgIpc) is 3.03. The van der Waals surface area contributed by atoms with E-state index in [9.17, 15) is 9.59 Å². The highest BCUT2D eigenvalue weighted by Crippen LogP contribution is 2.29. The molecule has 3 rings (SSSR count). The number of aryl methyl sites for hydroxylation is 2. The van der Waals surface area contributed by atoms with E-state index < -0.39 is 0 Å². The number of ketones is 1. The molecule has 0 aliphatic heterocycles. The maximum absolute atomic E-state index is 12.3. The van der Waals surface area contributed by atoms with E-state index in [1.54, 1.807) is 7.11 Å². The zero-order chi connectivity index (χ0) is 18.7. The van der Waals surface area contributed by atoms with Gasteiger partial charge in [0.1, 0.15) is 5.75 Å². The van der Waals surface area contributed by atoms with E-state index >= 15 is 0 Å². The number of carbonyl (C=O) groups is 2. The number of anilines is 1. The van der Waals surface area contributed by atoms with Crippen LogP contribution in [0.4, 0.5) is 5.13 Å². The summed E-state index contributed by atoms with van der Waals surface area (Å²) in [7, 11) is 1.61. The van der Waals surface area contributed by atoms with E-state index in [-0.39, 0.29) is 24.5 Å². The summed E-state index contributed by atoms with van der Waals surface area (Å²) in [6.45, 7) is 3.98. The highest BCUT2D eigenvalue weighted by molar-refractivity contribution is 7.22. The number of carbonyl (C=O) groups excluding carboxylic acids is 2. The topological polar surface area (TPSA) is 68.3 Å². The molecule has 0 unspecified atom stereocenters. The summed E-state index contributed by atoms with van der Waals surface area (Å²) in [6.07, 6.45) is 0.304. The molecule has 0 atom stereocenters. The quantitative estimate of drug-likeness (QED) is 0.649. The van der Waals surface area contributed by atoms with Gasteiger partial charge in [-0.2, -0.15) is 0 Å². The normalized spacial score (nSPS) is 10.7. The molecule has 0 spiro atoms. The molecule has 1 N–H and O–H groups in total. The highest BCUT2D eigenvalue weighted by atomic mass is 32.1. The first-order valence-corrected chi connectivity index (χ1v) is 9.13. The first kappa shape index (κ1) is 18.1. The lowest BCUT2D eigenvalue weighted by atomic mass is 10.0. The van der Waals surface area contributed by atoms with Gasteiger partial charge >= 0.3 is 0 Å². The summed E-state index contributed by atoms with van der Waals surface area (Å²) in [5, 5.41) is 3.30. The highest BCUT2D eigenvalue weighted by Gasteiger charge is 2.12. The van der Waals surface area contributed by atoms with Crippen LogP contribution in [-0.4, -0.2) is 23.8 Å². The number of ether oxygens (including phenoxy) is 1. The van der Waals surface area contributed by atoms with Crippen LogP contribution in [0.2, 0.25) is 0 Å². The van der Waals surface area contributed by atoms with Crippen molar-refractivity contribution in [3.63, 3.8) is 0 Å². The number of benzene rings is 2. The second kappa shape index (κ2) is 7.66. The van der Waals surface area contributed by atoms with Crippen LogP contribution >= 0.6 is 11.3 Å². The molecule has 0 bridgehead atoms. The number of nitrogens with one attached hydrogen (secondary N) is 1. The number of nitrogens with zero attached hydrogens (tertiary/aromatic N) is 1. The Hall–Kier alpha value is -2.73. The van der Waals surface area contributed by atoms with Gasteiger partial charge in [0.2, 0.25) is 5.91 Å². The number of methoxy groups -OCH3 is 1. The summed E-state index contributed by atoms with van der Waals surface area (Å²) >= 11 is 1.38. The van der Waals surface area contributed by atoms with E-state index in [1.165, 1.54) is 11.3 Å². The van der Waals surface area contributed by atoms with Crippen molar-refractivity contribution in [2.45, 2.75) is 26.7 Å². The Morgan fingerprint density at radius 3 is 2.62 bits per heavy atom. The largest absolute Gasteiger partial charge is 0.497 e. The average molecular weight is 368 g/mol. The van der Waals surface area contributed by atoms with Gasteiger partial charge in [0, 0.05) is 18.4 Å². The van der Waals surface area contributed by atoms with E-state index in [1.807, 2.05) is 50.2 Å². The number of hydrogen-bond acceptors (Lipinski definition) is 5. The van der Waals surface area contributed by atoms with E-state index in [4.69, 9.17) is 4.74 Å². The number of hydrogen-bond donors (Lipinski definition) is 1. The molecule has 2 aromatic carbocycles. The third-order valence-corrected chi connectivity index (χ3v) is 5.18. The minimum Gasteiger partial charge on any atom is -0.497 e. The Balaban J connectivity index is 1.60. The van der Waals surface area contributed by atoms with Crippen molar-refractivity contribution < 1.29 is 14.3 Å². The Morgan fingerprint density at radius 1 is 1.08 bits per heavy atom. The van der Waals surface area contributed by atoms with Crippen molar-refractivity contribution in [3.8, 4) is 5.75 Å². The number of amides is 1. The zero-order valence-electron chi connectivity index (χ0n) is 15.0. The van der Waals surface area contributed by atoms with E-state index in [2.05, 4.69) is 10.3 Å². The maximum atomic E-state index is 12.3. The number of fused-ring (bicyclic) bond motifs is 1. The van der Waals surface area contributed by atoms with Crippen LogP contribution in [-0.2, 0) is 4.79 Å². The molecule has 3 aromatic rings. The lowest BCUT2D eigenvalue weighted by molar-refractivity contribution is -0.116. The first-order chi connectivity index (χ1) is 12.5. The van der Waals surface area contributed by atoms with Crippen LogP contribution in [0.1, 0.15) is 34.3 Å². The first-order valence-electron chi connectivity index (χ1n) is 8.31. The maximum Gasteiger partial charge on any atom is 0.226 e. The molecule has 0 aliphatic rings. The van der Waals surface area contributed by atoms with Gasteiger partial charge in [-0.15, -0.1) is 0 Å². The second-order valence-electron chi connectivity index (χ2n) is 6.12. The van der Waals surface area contributed by atoms with Crippen molar-refractivity contribution in [2.24, 2.45) is 0 Å². The molecule has 134 valence electrons. The Labute approximate surface area is 156 Å². The lowest BCUT2D eigenvalue weighted by Crippen LogP contribution is -2.13. The molecule has 1 amide bonds. The van der Waals surface area contributed by atoms with Crippen molar-refractivity contribution >= 4 is 38.4 Å². The van der Waals surface area contributed by atoms with Gasteiger partial charge in [-0.05, 0) is 49.2 Å². The Morgan fingerprint density at radius 2 is 1.88 bits per heavy atom. The third-order valence-electron chi connectivity index (χ3n) is 4.25. The second-order valence-corrected chi connectivity index (χ2v) is 7.15. The molecule has 1 aromatic heterocycles. The molecular formula is C20H20N2O3S. The van der Waals surface area contributed by atoms with Crippen LogP contribution in [0.5, 0.6) is 5.75 Å². The van der Waals surface area contributed by atoms with Crippen molar-refractivity contribution in [1.82, 2.24) is 4.98 Å². The van der Waals surface area contributed by atoms with Crippen molar-refractivity contribution in [2.75, 3.05) is 12.4 Å². The summed E-state index contributed by atoms with van der Waals surface area (Å²) in [5.74, 6) is 0.503. The van der Waals surface area contributed by atoms with Crippen LogP contribution in [0.3, 0.4) is 0 Å². The number of aromatic nitrogens is 1. The molecule has 0 radical (unpaired) electrons. The van der Waals surface area contributed by atoms with Gasteiger partial charge in [-0.1, -0.05) is 23.5 Å². The standard InChI is InChI=1S/C20H20N2O3S/c1-12-4-5-14(10-13(12)2)17(23)8-9-19(24)22-20-21-16-7-6-15(25-3)11-18(16)26-20/h4-7,10-11H,8-9H2,1-3H3,(H,21,22,24). The lowest BCUT2D eigenvalue weighted by Gasteiger charge is -2.05. The predicted molar refractivity (Wildman–Crippen MR) is 104 cm³/mol. The van der Waals surface area contributed by atoms with E-state index in [0.29, 0.717) is 10.7 Å². The van der Waals surface area contributed by atoms with Crippen LogP contribution in [0.15, 0.2) is 36.4 Å². The molecule has 0 aliphatic carbocycles. The third kappa shape index (κ3) is 4.08. The fourth-order valence-electron chi connectivity index (χ4n) is 2.55. The molecule has 26 heavy (non-hydrogen) atoms. The molecule has 5 nitrogen and oxygen atoms in total. The van der Waals surface area contributed by atoms with Crippen LogP contribution < -0.4 is 10.1 Å². The van der Waals surface area contributed by atoms with Crippen LogP contribution in [0, 0.1) is 13.8 Å². The fraction of sp³-hybridized carbons (Fsp3) is 0.250. The molecule has 6 heteroatoms. The van der Waals surface area contributed by atoms with Crippen molar-refractivity contribution in [3.05, 3.63) is 53.1 Å². The van der Waals surface area contributed by atoms with Gasteiger partial charge in [0.05, 0.1) is 17.3 Å². The Kier molecular flexibility index (Phi) is 5.32. The summed E-state index contributed by atoms with van der Waals surface area (Å²) in [6, 6.07) is 11.2. The summed E-state index contributed by atoms with van der Waals surface area (Å²) < 4.78 is 6.13. The SMILES string of the molecule is COc1ccc2nc(NC(=O)CCC(=O)c3ccc(C)c(C)c3)sc2c1. The summed E-state index contributed by atoms with van der Waals surface area (Å²) in [5.41, 5.74) is 3.67. The van der Waals surface area contributed by atoms with Gasteiger partial charge in [-0.3, -0.25) is 9.59 Å². The fourth-order valence-corrected chi connectivity index (χ4v) is 3.46. The minimum absolute atomic E-state index is 0.0303. The number of Topliss-reactive ketones (excluding diaryl/α,β-unsaturated/α-hetero) is 1. The molecule has 0 saturated heterocycles. The molecule has 0 saturated carbocycles. The van der Waals surface area contributed by atoms with E-state index in [0.717, 1.165) is 27.1 Å². The monoisotopic (exact) mass is 368 g/mol. The zero-order valence-corrected chi connectivity index (χ0v) is 15.8. The summed E-state index contributed by atoms with van der Waals surface area (Å²) in [4.78, 5) is 28.8. The van der Waals surface area contributed by atoms with Gasteiger partial charge < -0.3 is 10.1 Å².